The lowest BCUT2D eigenvalue weighted by Crippen LogP contribution is -2.41. The lowest BCUT2D eigenvalue weighted by atomic mass is 9.78. The zero-order valence-corrected chi connectivity index (χ0v) is 16.7. The zero-order valence-electron chi connectivity index (χ0n) is 15.9. The minimum Gasteiger partial charge on any atom is -0.400 e. The van der Waals surface area contributed by atoms with Crippen molar-refractivity contribution in [3.63, 3.8) is 0 Å². The van der Waals surface area contributed by atoms with Gasteiger partial charge in [0.15, 0.2) is 5.12 Å². The minimum atomic E-state index is -0.492. The van der Waals surface area contributed by atoms with Gasteiger partial charge in [-0.15, -0.1) is 0 Å². The summed E-state index contributed by atoms with van der Waals surface area (Å²) in [4.78, 5) is 11.5. The molecule has 1 saturated heterocycles. The Balaban J connectivity index is 2.38. The molecule has 0 radical (unpaired) electrons. The van der Waals surface area contributed by atoms with Crippen LogP contribution in [0.2, 0.25) is 0 Å². The van der Waals surface area contributed by atoms with Crippen molar-refractivity contribution in [2.24, 2.45) is 0 Å². The van der Waals surface area contributed by atoms with E-state index in [2.05, 4.69) is 0 Å². The van der Waals surface area contributed by atoms with E-state index in [1.165, 1.54) is 11.8 Å². The number of hydrogen-bond acceptors (Lipinski definition) is 5. The Morgan fingerprint density at radius 2 is 1.84 bits per heavy atom. The molecule has 1 aliphatic heterocycles. The molecule has 1 aliphatic rings. The molecule has 6 heteroatoms. The Labute approximate surface area is 155 Å². The number of rotatable bonds is 5. The molecule has 0 bridgehead atoms. The van der Waals surface area contributed by atoms with Gasteiger partial charge in [0.2, 0.25) is 0 Å². The van der Waals surface area contributed by atoms with Gasteiger partial charge in [0.05, 0.1) is 17.8 Å². The molecule has 0 saturated carbocycles. The molecule has 0 aliphatic carbocycles. The molecule has 1 fully saturated rings. The second-order valence-electron chi connectivity index (χ2n) is 7.44. The van der Waals surface area contributed by atoms with Gasteiger partial charge in [-0.1, -0.05) is 30.0 Å². The molecule has 1 N–H and O–H groups in total. The fourth-order valence-electron chi connectivity index (χ4n) is 2.50. The first-order valence-electron chi connectivity index (χ1n) is 8.45. The molecule has 1 aromatic rings. The molecule has 0 atom stereocenters. The number of carbonyl (C=O) groups is 1. The van der Waals surface area contributed by atoms with Gasteiger partial charge < -0.3 is 14.4 Å². The number of carbonyl (C=O) groups excluding carboxylic acids is 1. The van der Waals surface area contributed by atoms with Crippen LogP contribution in [0.25, 0.3) is 6.08 Å². The van der Waals surface area contributed by atoms with Crippen molar-refractivity contribution in [3.8, 4) is 0 Å². The number of aliphatic hydroxyl groups excluding tert-OH is 1. The van der Waals surface area contributed by atoms with Crippen molar-refractivity contribution >= 4 is 30.1 Å². The summed E-state index contributed by atoms with van der Waals surface area (Å²) in [6.45, 7) is 11.6. The molecule has 2 rings (SSSR count). The Kier molecular flexibility index (Phi) is 6.20. The van der Waals surface area contributed by atoms with Gasteiger partial charge in [0.1, 0.15) is 0 Å². The van der Waals surface area contributed by atoms with Crippen molar-refractivity contribution in [2.75, 3.05) is 5.75 Å². The van der Waals surface area contributed by atoms with E-state index in [0.29, 0.717) is 5.75 Å². The third kappa shape index (κ3) is 4.76. The van der Waals surface area contributed by atoms with Gasteiger partial charge in [0, 0.05) is 12.7 Å². The van der Waals surface area contributed by atoms with Crippen LogP contribution in [-0.2, 0) is 20.7 Å². The zero-order chi connectivity index (χ0) is 18.8. The Morgan fingerprint density at radius 3 is 2.36 bits per heavy atom. The van der Waals surface area contributed by atoms with E-state index >= 15 is 0 Å². The highest BCUT2D eigenvalue weighted by molar-refractivity contribution is 8.13. The topological polar surface area (TPSA) is 55.8 Å². The van der Waals surface area contributed by atoms with Crippen LogP contribution in [0.3, 0.4) is 0 Å². The smallest absolute Gasteiger partial charge is 0.400 e. The van der Waals surface area contributed by atoms with E-state index in [4.69, 9.17) is 9.31 Å². The molecule has 0 spiro atoms. The molecular formula is C19H27BO4S. The lowest BCUT2D eigenvalue weighted by molar-refractivity contribution is -0.109. The summed E-state index contributed by atoms with van der Waals surface area (Å²) in [7, 11) is -0.492. The van der Waals surface area contributed by atoms with Crippen LogP contribution in [0.5, 0.6) is 0 Å². The van der Waals surface area contributed by atoms with Gasteiger partial charge in [-0.25, -0.2) is 0 Å². The van der Waals surface area contributed by atoms with E-state index in [0.717, 1.165) is 22.2 Å². The van der Waals surface area contributed by atoms with Crippen molar-refractivity contribution in [1.82, 2.24) is 0 Å². The molecule has 0 amide bonds. The number of benzene rings is 1. The standard InChI is InChI=1S/C19H27BO4S/c1-13-7-8-15(11-21)9-16(13)10-17(12-25-14(2)22)20-23-18(3,4)19(5,6)24-20/h7-10,21H,11-12H2,1-6H3. The normalized spacial score (nSPS) is 19.3. The Morgan fingerprint density at radius 1 is 1.24 bits per heavy atom. The van der Waals surface area contributed by atoms with E-state index in [9.17, 15) is 9.90 Å². The van der Waals surface area contributed by atoms with E-state index < -0.39 is 18.3 Å². The Bertz CT molecular complexity index is 666. The monoisotopic (exact) mass is 362 g/mol. The maximum atomic E-state index is 11.5. The van der Waals surface area contributed by atoms with Crippen LogP contribution in [0, 0.1) is 6.92 Å². The van der Waals surface area contributed by atoms with Crippen LogP contribution in [0.1, 0.15) is 51.3 Å². The summed E-state index contributed by atoms with van der Waals surface area (Å²) < 4.78 is 12.3. The van der Waals surface area contributed by atoms with Crippen LogP contribution in [0.4, 0.5) is 0 Å². The first-order chi connectivity index (χ1) is 11.6. The van der Waals surface area contributed by atoms with Crippen LogP contribution in [0.15, 0.2) is 23.7 Å². The van der Waals surface area contributed by atoms with E-state index in [1.54, 1.807) is 6.92 Å². The fraction of sp³-hybridized carbons (Fsp3) is 0.526. The highest BCUT2D eigenvalue weighted by Crippen LogP contribution is 2.39. The van der Waals surface area contributed by atoms with Gasteiger partial charge in [0.25, 0.3) is 0 Å². The molecule has 4 nitrogen and oxygen atoms in total. The molecule has 25 heavy (non-hydrogen) atoms. The summed E-state index contributed by atoms with van der Waals surface area (Å²) >= 11 is 1.24. The average molecular weight is 362 g/mol. The first kappa shape index (κ1) is 20.2. The van der Waals surface area contributed by atoms with Crippen molar-refractivity contribution in [1.29, 1.82) is 0 Å². The third-order valence-electron chi connectivity index (χ3n) is 4.87. The minimum absolute atomic E-state index is 0.00482. The highest BCUT2D eigenvalue weighted by atomic mass is 32.2. The van der Waals surface area contributed by atoms with Gasteiger partial charge in [-0.3, -0.25) is 4.79 Å². The van der Waals surface area contributed by atoms with Crippen LogP contribution >= 0.6 is 11.8 Å². The maximum Gasteiger partial charge on any atom is 0.491 e. The summed E-state index contributed by atoms with van der Waals surface area (Å²) in [6, 6.07) is 5.85. The predicted octanol–water partition coefficient (Wildman–Crippen LogP) is 3.78. The molecule has 136 valence electrons. The molecular weight excluding hydrogens is 335 g/mol. The largest absolute Gasteiger partial charge is 0.491 e. The SMILES string of the molecule is CC(=O)SCC(=Cc1cc(CO)ccc1C)B1OC(C)(C)C(C)(C)O1. The van der Waals surface area contributed by atoms with Gasteiger partial charge >= 0.3 is 7.12 Å². The summed E-state index contributed by atoms with van der Waals surface area (Å²) in [5.41, 5.74) is 3.00. The summed E-state index contributed by atoms with van der Waals surface area (Å²) in [6.07, 6.45) is 2.02. The number of aliphatic hydroxyl groups is 1. The van der Waals surface area contributed by atoms with E-state index in [1.807, 2.05) is 58.9 Å². The highest BCUT2D eigenvalue weighted by Gasteiger charge is 2.52. The van der Waals surface area contributed by atoms with E-state index in [-0.39, 0.29) is 11.7 Å². The summed E-state index contributed by atoms with van der Waals surface area (Å²) in [5.74, 6) is 0.509. The second-order valence-corrected chi connectivity index (χ2v) is 8.59. The average Bonchev–Trinajstić information content (AvgIpc) is 2.73. The van der Waals surface area contributed by atoms with Crippen LogP contribution in [-0.4, -0.2) is 34.3 Å². The molecule has 0 unspecified atom stereocenters. The quantitative estimate of drug-likeness (QED) is 0.808. The third-order valence-corrected chi connectivity index (χ3v) is 5.75. The predicted molar refractivity (Wildman–Crippen MR) is 104 cm³/mol. The maximum absolute atomic E-state index is 11.5. The molecule has 1 heterocycles. The Hall–Kier alpha value is -1.08. The van der Waals surface area contributed by atoms with Crippen molar-refractivity contribution < 1.29 is 19.2 Å². The van der Waals surface area contributed by atoms with Crippen molar-refractivity contribution in [2.45, 2.75) is 59.4 Å². The fourth-order valence-corrected chi connectivity index (χ4v) is 3.09. The number of thioether (sulfide) groups is 1. The summed E-state index contributed by atoms with van der Waals surface area (Å²) in [5, 5.41) is 9.45. The number of hydrogen-bond donors (Lipinski definition) is 1. The number of aryl methyl sites for hydroxylation is 1. The van der Waals surface area contributed by atoms with Crippen LogP contribution < -0.4 is 0 Å². The first-order valence-corrected chi connectivity index (χ1v) is 9.44. The van der Waals surface area contributed by atoms with Gasteiger partial charge in [-0.05, 0) is 62.8 Å². The van der Waals surface area contributed by atoms with Gasteiger partial charge in [-0.2, -0.15) is 0 Å². The second kappa shape index (κ2) is 7.66. The van der Waals surface area contributed by atoms with Crippen molar-refractivity contribution in [3.05, 3.63) is 40.4 Å². The molecule has 1 aromatic carbocycles. The molecule has 0 aromatic heterocycles. The lowest BCUT2D eigenvalue weighted by Gasteiger charge is -2.32.